The van der Waals surface area contributed by atoms with Gasteiger partial charge in [0.15, 0.2) is 0 Å². The molecule has 1 aromatic carbocycles. The lowest BCUT2D eigenvalue weighted by molar-refractivity contribution is 0.249. The SMILES string of the molecule is NC(=O)NCCNCCc1ccccc1. The maximum Gasteiger partial charge on any atom is 0.312 e. The van der Waals surface area contributed by atoms with Crippen molar-refractivity contribution in [2.75, 3.05) is 19.6 Å². The summed E-state index contributed by atoms with van der Waals surface area (Å²) in [4.78, 5) is 10.3. The van der Waals surface area contributed by atoms with Gasteiger partial charge in [0.05, 0.1) is 0 Å². The summed E-state index contributed by atoms with van der Waals surface area (Å²) in [5.74, 6) is 0. The molecule has 0 aliphatic rings. The van der Waals surface area contributed by atoms with E-state index >= 15 is 0 Å². The van der Waals surface area contributed by atoms with Gasteiger partial charge in [-0.15, -0.1) is 0 Å². The summed E-state index contributed by atoms with van der Waals surface area (Å²) in [6.07, 6.45) is 0.997. The van der Waals surface area contributed by atoms with Crippen molar-refractivity contribution in [2.24, 2.45) is 5.73 Å². The minimum atomic E-state index is -0.472. The molecule has 2 amide bonds. The zero-order valence-electron chi connectivity index (χ0n) is 8.70. The average molecular weight is 207 g/mol. The Hall–Kier alpha value is -1.55. The van der Waals surface area contributed by atoms with Crippen LogP contribution < -0.4 is 16.4 Å². The quantitative estimate of drug-likeness (QED) is 0.594. The van der Waals surface area contributed by atoms with Crippen LogP contribution in [0, 0.1) is 0 Å². The Balaban J connectivity index is 2.00. The maximum atomic E-state index is 10.3. The van der Waals surface area contributed by atoms with Crippen molar-refractivity contribution >= 4 is 6.03 Å². The third-order valence-electron chi connectivity index (χ3n) is 2.03. The van der Waals surface area contributed by atoms with Gasteiger partial charge in [-0.3, -0.25) is 0 Å². The topological polar surface area (TPSA) is 67.2 Å². The maximum absolute atomic E-state index is 10.3. The Morgan fingerprint density at radius 2 is 1.87 bits per heavy atom. The van der Waals surface area contributed by atoms with Crippen LogP contribution in [0.25, 0.3) is 0 Å². The highest BCUT2D eigenvalue weighted by molar-refractivity contribution is 5.71. The molecule has 4 heteroatoms. The fourth-order valence-corrected chi connectivity index (χ4v) is 1.28. The van der Waals surface area contributed by atoms with Crippen molar-refractivity contribution in [3.8, 4) is 0 Å². The normalized spacial score (nSPS) is 9.87. The monoisotopic (exact) mass is 207 g/mol. The van der Waals surface area contributed by atoms with Gasteiger partial charge >= 0.3 is 6.03 Å². The molecule has 4 nitrogen and oxygen atoms in total. The molecule has 0 saturated heterocycles. The van der Waals surface area contributed by atoms with Crippen molar-refractivity contribution in [2.45, 2.75) is 6.42 Å². The highest BCUT2D eigenvalue weighted by atomic mass is 16.2. The molecule has 0 aliphatic carbocycles. The highest BCUT2D eigenvalue weighted by Crippen LogP contribution is 1.97. The molecule has 0 bridgehead atoms. The van der Waals surface area contributed by atoms with Crippen LogP contribution in [0.1, 0.15) is 5.56 Å². The number of primary amides is 1. The number of hydrogen-bond acceptors (Lipinski definition) is 2. The zero-order chi connectivity index (χ0) is 10.9. The molecule has 4 N–H and O–H groups in total. The third-order valence-corrected chi connectivity index (χ3v) is 2.03. The van der Waals surface area contributed by atoms with Crippen molar-refractivity contribution in [3.05, 3.63) is 35.9 Å². The molecule has 0 aliphatic heterocycles. The lowest BCUT2D eigenvalue weighted by Gasteiger charge is -2.04. The van der Waals surface area contributed by atoms with Crippen molar-refractivity contribution in [1.82, 2.24) is 10.6 Å². The van der Waals surface area contributed by atoms with E-state index in [-0.39, 0.29) is 0 Å². The number of nitrogens with one attached hydrogen (secondary N) is 2. The molecule has 0 spiro atoms. The van der Waals surface area contributed by atoms with E-state index in [0.29, 0.717) is 6.54 Å². The molecule has 82 valence electrons. The summed E-state index contributed by atoms with van der Waals surface area (Å²) in [7, 11) is 0. The van der Waals surface area contributed by atoms with Gasteiger partial charge in [0.25, 0.3) is 0 Å². The number of amides is 2. The van der Waals surface area contributed by atoms with Crippen molar-refractivity contribution < 1.29 is 4.79 Å². The van der Waals surface area contributed by atoms with Gasteiger partial charge in [-0.2, -0.15) is 0 Å². The largest absolute Gasteiger partial charge is 0.352 e. The summed E-state index contributed by atoms with van der Waals surface area (Å²) in [6, 6.07) is 9.80. The Morgan fingerprint density at radius 1 is 1.13 bits per heavy atom. The Bertz CT molecular complexity index is 287. The molecule has 1 aromatic rings. The molecule has 0 aromatic heterocycles. The summed E-state index contributed by atoms with van der Waals surface area (Å²) in [5.41, 5.74) is 6.23. The van der Waals surface area contributed by atoms with Gasteiger partial charge in [-0.05, 0) is 18.5 Å². The van der Waals surface area contributed by atoms with Crippen LogP contribution in [0.3, 0.4) is 0 Å². The van der Waals surface area contributed by atoms with E-state index in [9.17, 15) is 4.79 Å². The molecule has 0 heterocycles. The first-order valence-corrected chi connectivity index (χ1v) is 5.07. The van der Waals surface area contributed by atoms with Gasteiger partial charge in [-0.25, -0.2) is 4.79 Å². The number of benzene rings is 1. The van der Waals surface area contributed by atoms with Crippen LogP contribution in [-0.2, 0) is 6.42 Å². The smallest absolute Gasteiger partial charge is 0.312 e. The van der Waals surface area contributed by atoms with Crippen LogP contribution in [0.15, 0.2) is 30.3 Å². The van der Waals surface area contributed by atoms with E-state index < -0.39 is 6.03 Å². The summed E-state index contributed by atoms with van der Waals surface area (Å²) in [6.45, 7) is 2.23. The second kappa shape index (κ2) is 6.84. The molecule has 0 fully saturated rings. The first-order chi connectivity index (χ1) is 7.29. The van der Waals surface area contributed by atoms with E-state index in [1.807, 2.05) is 18.2 Å². The number of hydrogen-bond donors (Lipinski definition) is 3. The number of carbonyl (C=O) groups is 1. The zero-order valence-corrected chi connectivity index (χ0v) is 8.70. The molecule has 1 rings (SSSR count). The number of rotatable bonds is 6. The van der Waals surface area contributed by atoms with Crippen molar-refractivity contribution in [1.29, 1.82) is 0 Å². The average Bonchev–Trinajstić information content (AvgIpc) is 2.24. The standard InChI is InChI=1S/C11H17N3O/c12-11(15)14-9-8-13-7-6-10-4-2-1-3-5-10/h1-5,13H,6-9H2,(H3,12,14,15). The van der Waals surface area contributed by atoms with Crippen LogP contribution in [-0.4, -0.2) is 25.7 Å². The minimum absolute atomic E-state index is 0.472. The Kier molecular flexibility index (Phi) is 5.25. The first-order valence-electron chi connectivity index (χ1n) is 5.07. The number of urea groups is 1. The summed E-state index contributed by atoms with van der Waals surface area (Å²) >= 11 is 0. The first kappa shape index (κ1) is 11.5. The lowest BCUT2D eigenvalue weighted by Crippen LogP contribution is -2.35. The van der Waals surface area contributed by atoms with Crippen LogP contribution in [0.2, 0.25) is 0 Å². The van der Waals surface area contributed by atoms with Gasteiger partial charge in [0.1, 0.15) is 0 Å². The molecule has 0 atom stereocenters. The van der Waals surface area contributed by atoms with E-state index in [1.165, 1.54) is 5.56 Å². The minimum Gasteiger partial charge on any atom is -0.352 e. The summed E-state index contributed by atoms with van der Waals surface area (Å²) < 4.78 is 0. The number of carbonyl (C=O) groups excluding carboxylic acids is 1. The Morgan fingerprint density at radius 3 is 2.53 bits per heavy atom. The highest BCUT2D eigenvalue weighted by Gasteiger charge is 1.92. The van der Waals surface area contributed by atoms with Gasteiger partial charge in [0.2, 0.25) is 0 Å². The predicted octanol–water partition coefficient (Wildman–Crippen LogP) is 0.487. The lowest BCUT2D eigenvalue weighted by atomic mass is 10.1. The van der Waals surface area contributed by atoms with Crippen LogP contribution >= 0.6 is 0 Å². The fraction of sp³-hybridized carbons (Fsp3) is 0.364. The van der Waals surface area contributed by atoms with Gasteiger partial charge in [-0.1, -0.05) is 30.3 Å². The van der Waals surface area contributed by atoms with E-state index in [2.05, 4.69) is 22.8 Å². The van der Waals surface area contributed by atoms with Crippen LogP contribution in [0.5, 0.6) is 0 Å². The van der Waals surface area contributed by atoms with Gasteiger partial charge < -0.3 is 16.4 Å². The number of nitrogens with two attached hydrogens (primary N) is 1. The second-order valence-corrected chi connectivity index (χ2v) is 3.28. The van der Waals surface area contributed by atoms with Crippen molar-refractivity contribution in [3.63, 3.8) is 0 Å². The predicted molar refractivity (Wildman–Crippen MR) is 60.6 cm³/mol. The summed E-state index contributed by atoms with van der Waals surface area (Å²) in [5, 5.41) is 5.74. The molecular weight excluding hydrogens is 190 g/mol. The molecule has 15 heavy (non-hydrogen) atoms. The van der Waals surface area contributed by atoms with E-state index in [1.54, 1.807) is 0 Å². The molecule has 0 radical (unpaired) electrons. The second-order valence-electron chi connectivity index (χ2n) is 3.28. The van der Waals surface area contributed by atoms with Crippen LogP contribution in [0.4, 0.5) is 4.79 Å². The third kappa shape index (κ3) is 5.70. The fourth-order valence-electron chi connectivity index (χ4n) is 1.28. The molecule has 0 unspecified atom stereocenters. The van der Waals surface area contributed by atoms with E-state index in [4.69, 9.17) is 5.73 Å². The molecule has 0 saturated carbocycles. The van der Waals surface area contributed by atoms with E-state index in [0.717, 1.165) is 19.5 Å². The molecular formula is C11H17N3O. The Labute approximate surface area is 89.9 Å². The van der Waals surface area contributed by atoms with Gasteiger partial charge in [0, 0.05) is 13.1 Å².